The number of hydrogen-bond acceptors (Lipinski definition) is 2. The predicted molar refractivity (Wildman–Crippen MR) is 121 cm³/mol. The Morgan fingerprint density at radius 1 is 0.759 bits per heavy atom. The summed E-state index contributed by atoms with van der Waals surface area (Å²) in [6.45, 7) is 4.00. The van der Waals surface area contributed by atoms with Gasteiger partial charge in [-0.3, -0.25) is 0 Å². The first-order valence-electron chi connectivity index (χ1n) is 12.6. The first kappa shape index (κ1) is 28.7. The molecule has 174 valence electrons. The molecule has 1 fully saturated rings. The Morgan fingerprint density at radius 2 is 1.17 bits per heavy atom. The first-order valence-corrected chi connectivity index (χ1v) is 12.6. The van der Waals surface area contributed by atoms with Crippen LogP contribution in [0.3, 0.4) is 0 Å². The Bertz CT molecular complexity index is 387. The maximum Gasteiger partial charge on any atom is 0.364 e. The Labute approximate surface area is 188 Å². The normalized spacial score (nSPS) is 17.8. The maximum atomic E-state index is 12.2. The highest BCUT2D eigenvalue weighted by molar-refractivity contribution is 5.74. The second-order valence-corrected chi connectivity index (χ2v) is 9.63. The fraction of sp³-hybridized carbons (Fsp3) is 0.960. The Kier molecular flexibility index (Phi) is 18.3. The van der Waals surface area contributed by atoms with Crippen LogP contribution in [0.15, 0.2) is 0 Å². The summed E-state index contributed by atoms with van der Waals surface area (Å²) in [5.41, 5.74) is 0. The van der Waals surface area contributed by atoms with Crippen molar-refractivity contribution >= 4 is 5.97 Å². The lowest BCUT2D eigenvalue weighted by Crippen LogP contribution is -3.00. The quantitative estimate of drug-likeness (QED) is 0.186. The molecule has 0 aliphatic carbocycles. The Balaban J connectivity index is 0.00000784. The second kappa shape index (κ2) is 18.5. The minimum atomic E-state index is 0. The van der Waals surface area contributed by atoms with Gasteiger partial charge in [0.15, 0.2) is 6.04 Å². The number of quaternary nitrogens is 1. The molecule has 1 aliphatic rings. The van der Waals surface area contributed by atoms with Crippen molar-refractivity contribution in [1.29, 1.82) is 0 Å². The van der Waals surface area contributed by atoms with E-state index in [-0.39, 0.29) is 24.4 Å². The molecule has 0 aromatic heterocycles. The standard InChI is InChI=1S/C25H50NO2.ClH/c1-4-5-6-7-8-9-10-11-12-13-14-15-16-17-18-19-23-28-25(27)24-21-20-22-26(24,2)3;/h24H,4-23H2,1-3H3;1H/q+1;/p-1. The summed E-state index contributed by atoms with van der Waals surface area (Å²) >= 11 is 0. The first-order chi connectivity index (χ1) is 13.6. The molecule has 0 N–H and O–H groups in total. The number of likely N-dealkylation sites (tertiary alicyclic amines) is 1. The van der Waals surface area contributed by atoms with Crippen molar-refractivity contribution in [1.82, 2.24) is 0 Å². The van der Waals surface area contributed by atoms with Crippen molar-refractivity contribution in [2.45, 2.75) is 129 Å². The SMILES string of the molecule is CCCCCCCCCCCCCCCCCCOC(=O)C1CCC[N+]1(C)C.[Cl-]. The van der Waals surface area contributed by atoms with E-state index < -0.39 is 0 Å². The molecule has 0 radical (unpaired) electrons. The summed E-state index contributed by atoms with van der Waals surface area (Å²) in [5.74, 6) is 0.0310. The molecule has 0 aromatic rings. The molecule has 1 atom stereocenters. The lowest BCUT2D eigenvalue weighted by atomic mass is 10.0. The van der Waals surface area contributed by atoms with E-state index in [0.717, 1.165) is 30.3 Å². The third kappa shape index (κ3) is 14.4. The van der Waals surface area contributed by atoms with Crippen molar-refractivity contribution in [2.75, 3.05) is 27.2 Å². The molecule has 1 rings (SSSR count). The molecular weight excluding hydrogens is 382 g/mol. The van der Waals surface area contributed by atoms with Crippen molar-refractivity contribution < 1.29 is 26.4 Å². The minimum absolute atomic E-state index is 0. The number of nitrogens with zero attached hydrogens (tertiary/aromatic N) is 1. The number of esters is 1. The monoisotopic (exact) mass is 431 g/mol. The highest BCUT2D eigenvalue weighted by Gasteiger charge is 2.40. The lowest BCUT2D eigenvalue weighted by molar-refractivity contribution is -0.893. The van der Waals surface area contributed by atoms with Gasteiger partial charge in [0, 0.05) is 12.8 Å². The molecule has 0 bridgehead atoms. The molecule has 0 spiro atoms. The van der Waals surface area contributed by atoms with Gasteiger partial charge in [-0.2, -0.15) is 0 Å². The third-order valence-electron chi connectivity index (χ3n) is 6.57. The molecule has 1 unspecified atom stereocenters. The van der Waals surface area contributed by atoms with Crippen LogP contribution in [-0.4, -0.2) is 43.7 Å². The summed E-state index contributed by atoms with van der Waals surface area (Å²) in [6.07, 6.45) is 24.1. The van der Waals surface area contributed by atoms with Gasteiger partial charge in [0.25, 0.3) is 0 Å². The van der Waals surface area contributed by atoms with Gasteiger partial charge in [0.1, 0.15) is 0 Å². The summed E-state index contributed by atoms with van der Waals surface area (Å²) in [7, 11) is 4.29. The van der Waals surface area contributed by atoms with E-state index in [1.54, 1.807) is 0 Å². The van der Waals surface area contributed by atoms with E-state index in [0.29, 0.717) is 6.61 Å². The topological polar surface area (TPSA) is 26.3 Å². The summed E-state index contributed by atoms with van der Waals surface area (Å²) in [4.78, 5) is 12.2. The fourth-order valence-electron chi connectivity index (χ4n) is 4.52. The smallest absolute Gasteiger partial charge is 0.364 e. The number of likely N-dealkylation sites (N-methyl/N-ethyl adjacent to an activating group) is 1. The highest BCUT2D eigenvalue weighted by atomic mass is 35.5. The average Bonchev–Trinajstić information content (AvgIpc) is 3.03. The van der Waals surface area contributed by atoms with E-state index in [1.807, 2.05) is 0 Å². The van der Waals surface area contributed by atoms with Crippen LogP contribution in [-0.2, 0) is 9.53 Å². The average molecular weight is 432 g/mol. The van der Waals surface area contributed by atoms with E-state index in [4.69, 9.17) is 4.74 Å². The predicted octanol–water partition coefficient (Wildman–Crippen LogP) is 4.03. The highest BCUT2D eigenvalue weighted by Crippen LogP contribution is 2.23. The van der Waals surface area contributed by atoms with Crippen LogP contribution in [0.25, 0.3) is 0 Å². The Morgan fingerprint density at radius 3 is 1.55 bits per heavy atom. The van der Waals surface area contributed by atoms with Crippen LogP contribution in [0.5, 0.6) is 0 Å². The van der Waals surface area contributed by atoms with E-state index in [9.17, 15) is 4.79 Å². The zero-order valence-electron chi connectivity index (χ0n) is 19.9. The molecule has 0 aromatic carbocycles. The number of carbonyl (C=O) groups excluding carboxylic acids is 1. The van der Waals surface area contributed by atoms with Crippen molar-refractivity contribution in [3.63, 3.8) is 0 Å². The van der Waals surface area contributed by atoms with Gasteiger partial charge in [0.2, 0.25) is 0 Å². The molecule has 1 aliphatic heterocycles. The molecule has 1 saturated heterocycles. The summed E-state index contributed by atoms with van der Waals surface area (Å²) < 4.78 is 6.33. The number of unbranched alkanes of at least 4 members (excludes halogenated alkanes) is 15. The van der Waals surface area contributed by atoms with Crippen LogP contribution in [0, 0.1) is 0 Å². The van der Waals surface area contributed by atoms with Crippen molar-refractivity contribution in [2.24, 2.45) is 0 Å². The van der Waals surface area contributed by atoms with Crippen LogP contribution < -0.4 is 12.4 Å². The molecule has 4 heteroatoms. The van der Waals surface area contributed by atoms with Crippen LogP contribution in [0.2, 0.25) is 0 Å². The molecule has 1 heterocycles. The maximum absolute atomic E-state index is 12.2. The number of carbonyl (C=O) groups is 1. The van der Waals surface area contributed by atoms with Gasteiger partial charge in [-0.15, -0.1) is 0 Å². The fourth-order valence-corrected chi connectivity index (χ4v) is 4.52. The largest absolute Gasteiger partial charge is 1.00 e. The number of hydrogen-bond donors (Lipinski definition) is 0. The van der Waals surface area contributed by atoms with Crippen LogP contribution in [0.1, 0.15) is 122 Å². The minimum Gasteiger partial charge on any atom is -1.00 e. The number of rotatable bonds is 18. The van der Waals surface area contributed by atoms with Gasteiger partial charge in [-0.05, 0) is 6.42 Å². The second-order valence-electron chi connectivity index (χ2n) is 9.63. The molecule has 29 heavy (non-hydrogen) atoms. The zero-order chi connectivity index (χ0) is 20.5. The van der Waals surface area contributed by atoms with E-state index in [2.05, 4.69) is 21.0 Å². The molecule has 3 nitrogen and oxygen atoms in total. The zero-order valence-corrected chi connectivity index (χ0v) is 20.6. The van der Waals surface area contributed by atoms with Gasteiger partial charge >= 0.3 is 5.97 Å². The van der Waals surface area contributed by atoms with Crippen molar-refractivity contribution in [3.05, 3.63) is 0 Å². The van der Waals surface area contributed by atoms with Gasteiger partial charge in [-0.25, -0.2) is 4.79 Å². The van der Waals surface area contributed by atoms with Gasteiger partial charge in [-0.1, -0.05) is 103 Å². The molecule has 0 amide bonds. The molecular formula is C25H50ClNO2. The van der Waals surface area contributed by atoms with Crippen LogP contribution >= 0.6 is 0 Å². The van der Waals surface area contributed by atoms with E-state index in [1.165, 1.54) is 96.3 Å². The third-order valence-corrected chi connectivity index (χ3v) is 6.57. The summed E-state index contributed by atoms with van der Waals surface area (Å²) in [6, 6.07) is 0.0704. The van der Waals surface area contributed by atoms with Gasteiger partial charge < -0.3 is 21.6 Å². The van der Waals surface area contributed by atoms with Crippen molar-refractivity contribution in [3.8, 4) is 0 Å². The summed E-state index contributed by atoms with van der Waals surface area (Å²) in [5, 5.41) is 0. The lowest BCUT2D eigenvalue weighted by Gasteiger charge is -2.29. The number of ether oxygens (including phenoxy) is 1. The van der Waals surface area contributed by atoms with E-state index >= 15 is 0 Å². The Hall–Kier alpha value is -0.280. The molecule has 0 saturated carbocycles. The van der Waals surface area contributed by atoms with Crippen LogP contribution in [0.4, 0.5) is 0 Å². The van der Waals surface area contributed by atoms with Gasteiger partial charge in [0.05, 0.1) is 27.2 Å². The number of halogens is 1.